The second kappa shape index (κ2) is 14.6. The fraction of sp³-hybridized carbons (Fsp3) is 0.257. The Morgan fingerprint density at radius 1 is 0.767 bits per heavy atom. The van der Waals surface area contributed by atoms with Crippen LogP contribution in [0.15, 0.2) is 114 Å². The van der Waals surface area contributed by atoms with Gasteiger partial charge in [0, 0.05) is 19.5 Å². The van der Waals surface area contributed by atoms with Crippen molar-refractivity contribution in [2.45, 2.75) is 51.1 Å². The summed E-state index contributed by atoms with van der Waals surface area (Å²) in [5, 5.41) is 2.90. The summed E-state index contributed by atoms with van der Waals surface area (Å²) in [5.74, 6) is -0.763. The number of hydrogen-bond acceptors (Lipinski definition) is 4. The van der Waals surface area contributed by atoms with Crippen LogP contribution in [0, 0.1) is 6.92 Å². The molecule has 2 amide bonds. The van der Waals surface area contributed by atoms with E-state index >= 15 is 0 Å². The topological polar surface area (TPSA) is 86.8 Å². The zero-order chi connectivity index (χ0) is 30.8. The van der Waals surface area contributed by atoms with Gasteiger partial charge < -0.3 is 10.2 Å². The van der Waals surface area contributed by atoms with Gasteiger partial charge in [-0.3, -0.25) is 13.9 Å². The number of nitrogens with zero attached hydrogens (tertiary/aromatic N) is 2. The maximum Gasteiger partial charge on any atom is 0.264 e. The Kier molecular flexibility index (Phi) is 10.7. The number of hydrogen-bond donors (Lipinski definition) is 1. The molecule has 0 unspecified atom stereocenters. The van der Waals surface area contributed by atoms with Gasteiger partial charge in [0.2, 0.25) is 11.8 Å². The van der Waals surface area contributed by atoms with E-state index in [-0.39, 0.29) is 23.8 Å². The molecular formula is C35H39N3O4S. The molecule has 0 fully saturated rings. The summed E-state index contributed by atoms with van der Waals surface area (Å²) in [6.45, 7) is 5.82. The highest BCUT2D eigenvalue weighted by molar-refractivity contribution is 7.92. The summed E-state index contributed by atoms with van der Waals surface area (Å²) in [6.07, 6.45) is 0.856. The molecule has 0 aliphatic carbocycles. The zero-order valence-electron chi connectivity index (χ0n) is 24.9. The number of sulfonamides is 1. The maximum atomic E-state index is 14.5. The fourth-order valence-corrected chi connectivity index (χ4v) is 6.58. The molecule has 1 N–H and O–H groups in total. The Morgan fingerprint density at radius 3 is 1.98 bits per heavy atom. The Labute approximate surface area is 255 Å². The van der Waals surface area contributed by atoms with Crippen molar-refractivity contribution in [1.29, 1.82) is 0 Å². The highest BCUT2D eigenvalue weighted by Crippen LogP contribution is 2.28. The average Bonchev–Trinajstić information content (AvgIpc) is 3.03. The van der Waals surface area contributed by atoms with Crippen LogP contribution in [-0.2, 0) is 39.0 Å². The molecule has 0 saturated heterocycles. The largest absolute Gasteiger partial charge is 0.355 e. The van der Waals surface area contributed by atoms with Crippen molar-refractivity contribution in [3.63, 3.8) is 0 Å². The van der Waals surface area contributed by atoms with Crippen LogP contribution in [0.4, 0.5) is 5.69 Å². The number of amides is 2. The number of carbonyl (C=O) groups is 2. The smallest absolute Gasteiger partial charge is 0.264 e. The van der Waals surface area contributed by atoms with E-state index in [1.807, 2.05) is 87.5 Å². The Balaban J connectivity index is 1.82. The Bertz CT molecular complexity index is 1630. The van der Waals surface area contributed by atoms with Gasteiger partial charge in [0.15, 0.2) is 0 Å². The lowest BCUT2D eigenvalue weighted by Gasteiger charge is -2.34. The van der Waals surface area contributed by atoms with Crippen molar-refractivity contribution in [2.24, 2.45) is 0 Å². The number of benzene rings is 4. The lowest BCUT2D eigenvalue weighted by molar-refractivity contribution is -0.140. The number of aryl methyl sites for hydroxylation is 2. The lowest BCUT2D eigenvalue weighted by Crippen LogP contribution is -2.53. The Morgan fingerprint density at radius 2 is 1.35 bits per heavy atom. The van der Waals surface area contributed by atoms with Gasteiger partial charge >= 0.3 is 0 Å². The van der Waals surface area contributed by atoms with Crippen LogP contribution in [-0.4, -0.2) is 44.3 Å². The van der Waals surface area contributed by atoms with Gasteiger partial charge in [-0.05, 0) is 60.7 Å². The van der Waals surface area contributed by atoms with E-state index in [1.54, 1.807) is 30.3 Å². The molecule has 0 bridgehead atoms. The standard InChI is InChI=1S/C35H39N3O4S/c1-4-29-19-14-15-23-32(29)38(43(41,42)31-21-10-7-11-22-31)26-34(39)37(25-30-20-13-12-16-27(30)3)33(35(40)36-5-2)24-28-17-8-6-9-18-28/h6-23,33H,4-5,24-26H2,1-3H3,(H,36,40)/t33-/m1/s1. The van der Waals surface area contributed by atoms with Crippen LogP contribution in [0.25, 0.3) is 0 Å². The molecule has 224 valence electrons. The van der Waals surface area contributed by atoms with Crippen LogP contribution < -0.4 is 9.62 Å². The van der Waals surface area contributed by atoms with E-state index in [1.165, 1.54) is 21.3 Å². The van der Waals surface area contributed by atoms with Gasteiger partial charge in [-0.1, -0.05) is 97.9 Å². The molecule has 43 heavy (non-hydrogen) atoms. The third-order valence-electron chi connectivity index (χ3n) is 7.48. The van der Waals surface area contributed by atoms with E-state index in [0.29, 0.717) is 18.7 Å². The average molecular weight is 598 g/mol. The van der Waals surface area contributed by atoms with E-state index in [2.05, 4.69) is 5.32 Å². The molecule has 4 aromatic carbocycles. The molecule has 4 rings (SSSR count). The van der Waals surface area contributed by atoms with Gasteiger partial charge in [-0.2, -0.15) is 0 Å². The summed E-state index contributed by atoms with van der Waals surface area (Å²) in [4.78, 5) is 29.7. The molecule has 7 nitrogen and oxygen atoms in total. The fourth-order valence-electron chi connectivity index (χ4n) is 5.10. The first-order valence-electron chi connectivity index (χ1n) is 14.6. The third kappa shape index (κ3) is 7.70. The zero-order valence-corrected chi connectivity index (χ0v) is 25.8. The molecule has 0 radical (unpaired) electrons. The monoisotopic (exact) mass is 597 g/mol. The van der Waals surface area contributed by atoms with Gasteiger partial charge in [0.1, 0.15) is 12.6 Å². The second-order valence-electron chi connectivity index (χ2n) is 10.4. The number of likely N-dealkylation sites (N-methyl/N-ethyl adjacent to an activating group) is 1. The minimum Gasteiger partial charge on any atom is -0.355 e. The predicted molar refractivity (Wildman–Crippen MR) is 171 cm³/mol. The van der Waals surface area contributed by atoms with Crippen molar-refractivity contribution < 1.29 is 18.0 Å². The van der Waals surface area contributed by atoms with Crippen LogP contribution in [0.1, 0.15) is 36.1 Å². The number of anilines is 1. The van der Waals surface area contributed by atoms with Crippen molar-refractivity contribution in [3.05, 3.63) is 131 Å². The molecule has 0 aromatic heterocycles. The Hall–Kier alpha value is -4.43. The SMILES string of the molecule is CCNC(=O)[C@@H](Cc1ccccc1)N(Cc1ccccc1C)C(=O)CN(c1ccccc1CC)S(=O)(=O)c1ccccc1. The van der Waals surface area contributed by atoms with Gasteiger partial charge in [-0.15, -0.1) is 0 Å². The van der Waals surface area contributed by atoms with Gasteiger partial charge in [-0.25, -0.2) is 8.42 Å². The lowest BCUT2D eigenvalue weighted by atomic mass is 10.0. The van der Waals surface area contributed by atoms with Crippen molar-refractivity contribution in [2.75, 3.05) is 17.4 Å². The molecule has 8 heteroatoms. The van der Waals surface area contributed by atoms with Crippen LogP contribution in [0.2, 0.25) is 0 Å². The third-order valence-corrected chi connectivity index (χ3v) is 9.25. The number of nitrogens with one attached hydrogen (secondary N) is 1. The second-order valence-corrected chi connectivity index (χ2v) is 12.2. The van der Waals surface area contributed by atoms with E-state index in [9.17, 15) is 18.0 Å². The first-order chi connectivity index (χ1) is 20.8. The molecule has 4 aromatic rings. The summed E-state index contributed by atoms with van der Waals surface area (Å²) in [6, 6.07) is 31.7. The van der Waals surface area contributed by atoms with E-state index in [4.69, 9.17) is 0 Å². The van der Waals surface area contributed by atoms with Gasteiger partial charge in [0.05, 0.1) is 10.6 Å². The van der Waals surface area contributed by atoms with E-state index in [0.717, 1.165) is 22.3 Å². The minimum absolute atomic E-state index is 0.0868. The molecule has 0 saturated carbocycles. The normalized spacial score (nSPS) is 11.9. The molecule has 0 aliphatic rings. The maximum absolute atomic E-state index is 14.5. The number of para-hydroxylation sites is 1. The quantitative estimate of drug-likeness (QED) is 0.220. The van der Waals surface area contributed by atoms with Crippen molar-refractivity contribution >= 4 is 27.5 Å². The number of carbonyl (C=O) groups excluding carboxylic acids is 2. The molecule has 0 heterocycles. The molecular weight excluding hydrogens is 558 g/mol. The molecule has 0 aliphatic heterocycles. The van der Waals surface area contributed by atoms with E-state index < -0.39 is 28.5 Å². The number of rotatable bonds is 13. The van der Waals surface area contributed by atoms with Gasteiger partial charge in [0.25, 0.3) is 10.0 Å². The predicted octanol–water partition coefficient (Wildman–Crippen LogP) is 5.53. The summed E-state index contributed by atoms with van der Waals surface area (Å²) >= 11 is 0. The van der Waals surface area contributed by atoms with Crippen LogP contribution in [0.3, 0.4) is 0 Å². The molecule has 0 spiro atoms. The highest BCUT2D eigenvalue weighted by Gasteiger charge is 2.35. The van der Waals surface area contributed by atoms with Crippen molar-refractivity contribution in [1.82, 2.24) is 10.2 Å². The highest BCUT2D eigenvalue weighted by atomic mass is 32.2. The van der Waals surface area contributed by atoms with Crippen molar-refractivity contribution in [3.8, 4) is 0 Å². The molecule has 1 atom stereocenters. The first kappa shape index (κ1) is 31.5. The van der Waals surface area contributed by atoms with Crippen LogP contribution >= 0.6 is 0 Å². The minimum atomic E-state index is -4.13. The summed E-state index contributed by atoms with van der Waals surface area (Å²) in [7, 11) is -4.13. The summed E-state index contributed by atoms with van der Waals surface area (Å²) in [5.41, 5.74) is 3.98. The summed E-state index contributed by atoms with van der Waals surface area (Å²) < 4.78 is 29.5. The van der Waals surface area contributed by atoms with Crippen LogP contribution in [0.5, 0.6) is 0 Å². The first-order valence-corrected chi connectivity index (χ1v) is 16.0.